The fourth-order valence-electron chi connectivity index (χ4n) is 3.87. The third-order valence-electron chi connectivity index (χ3n) is 5.44. The summed E-state index contributed by atoms with van der Waals surface area (Å²) in [5, 5.41) is 1.68. The van der Waals surface area contributed by atoms with Gasteiger partial charge in [0.05, 0.1) is 22.7 Å². The molecule has 1 atom stereocenters. The van der Waals surface area contributed by atoms with E-state index in [0.717, 1.165) is 5.69 Å². The molecule has 8 heteroatoms. The number of methoxy groups -OCH3 is 1. The van der Waals surface area contributed by atoms with Crippen molar-refractivity contribution < 1.29 is 9.53 Å². The van der Waals surface area contributed by atoms with Crippen molar-refractivity contribution in [2.45, 2.75) is 13.0 Å². The maximum Gasteiger partial charge on any atom is 0.255 e. The Hall–Kier alpha value is -2.70. The zero-order chi connectivity index (χ0) is 21.4. The highest BCUT2D eigenvalue weighted by Gasteiger charge is 2.29. The number of amides is 1. The number of carbonyl (C=O) groups is 1. The number of nitrogens with one attached hydrogen (secondary N) is 1. The van der Waals surface area contributed by atoms with Gasteiger partial charge in [-0.3, -0.25) is 9.59 Å². The maximum atomic E-state index is 13.4. The molecule has 1 aliphatic rings. The first-order valence-electron chi connectivity index (χ1n) is 9.59. The molecule has 156 valence electrons. The number of hydrogen-bond acceptors (Lipinski definition) is 4. The molecule has 0 spiro atoms. The molecule has 1 N–H and O–H groups in total. The Balaban J connectivity index is 1.62. The van der Waals surface area contributed by atoms with Gasteiger partial charge in [0.25, 0.3) is 5.91 Å². The van der Waals surface area contributed by atoms with Gasteiger partial charge in [-0.05, 0) is 43.3 Å². The summed E-state index contributed by atoms with van der Waals surface area (Å²) in [7, 11) is 1.57. The van der Waals surface area contributed by atoms with Gasteiger partial charge < -0.3 is 19.5 Å². The number of piperazine rings is 1. The molecule has 6 nitrogen and oxygen atoms in total. The Morgan fingerprint density at radius 2 is 1.90 bits per heavy atom. The molecule has 2 aromatic carbocycles. The minimum atomic E-state index is -0.307. The van der Waals surface area contributed by atoms with Crippen LogP contribution in [0.25, 0.3) is 10.9 Å². The summed E-state index contributed by atoms with van der Waals surface area (Å²) in [4.78, 5) is 32.3. The minimum absolute atomic E-state index is 0.0550. The summed E-state index contributed by atoms with van der Waals surface area (Å²) in [6, 6.07) is 12.1. The van der Waals surface area contributed by atoms with Gasteiger partial charge >= 0.3 is 0 Å². The van der Waals surface area contributed by atoms with E-state index >= 15 is 0 Å². The summed E-state index contributed by atoms with van der Waals surface area (Å²) in [6.45, 7) is 3.82. The van der Waals surface area contributed by atoms with Crippen LogP contribution in [-0.2, 0) is 0 Å². The zero-order valence-corrected chi connectivity index (χ0v) is 18.1. The monoisotopic (exact) mass is 445 g/mol. The number of ether oxygens (including phenoxy) is 1. The van der Waals surface area contributed by atoms with E-state index in [0.29, 0.717) is 51.9 Å². The van der Waals surface area contributed by atoms with Crippen molar-refractivity contribution in [3.8, 4) is 5.75 Å². The summed E-state index contributed by atoms with van der Waals surface area (Å²) in [5.74, 6) is 0.460. The molecule has 3 aromatic rings. The van der Waals surface area contributed by atoms with Crippen molar-refractivity contribution in [1.29, 1.82) is 0 Å². The normalized spacial score (nSPS) is 16.7. The number of nitrogens with zero attached hydrogens (tertiary/aromatic N) is 2. The largest absolute Gasteiger partial charge is 0.497 e. The van der Waals surface area contributed by atoms with Crippen LogP contribution in [0.5, 0.6) is 5.75 Å². The molecule has 0 radical (unpaired) electrons. The number of fused-ring (bicyclic) bond motifs is 1. The lowest BCUT2D eigenvalue weighted by Crippen LogP contribution is -2.54. The number of pyridine rings is 1. The second-order valence-electron chi connectivity index (χ2n) is 7.35. The standard InChI is InChI=1S/C22H21Cl2N3O3/c1-13-12-26(14-3-5-18(23)19(24)9-14)7-8-27(13)22(29)17-11-21(28)25-20-6-4-15(30-2)10-16(17)20/h3-6,9-11,13H,7-8,12H2,1-2H3,(H,25,28). The highest BCUT2D eigenvalue weighted by atomic mass is 35.5. The SMILES string of the molecule is COc1ccc2[nH]c(=O)cc(C(=O)N3CCN(c4ccc(Cl)c(Cl)c4)CC3C)c2c1. The summed E-state index contributed by atoms with van der Waals surface area (Å²) in [5.41, 5.74) is 1.64. The highest BCUT2D eigenvalue weighted by molar-refractivity contribution is 6.42. The molecule has 2 heterocycles. The third-order valence-corrected chi connectivity index (χ3v) is 6.18. The van der Waals surface area contributed by atoms with Crippen LogP contribution < -0.4 is 15.2 Å². The molecule has 1 unspecified atom stereocenters. The molecule has 1 amide bonds. The van der Waals surface area contributed by atoms with Crippen molar-refractivity contribution in [2.75, 3.05) is 31.6 Å². The molecule has 1 saturated heterocycles. The number of rotatable bonds is 3. The summed E-state index contributed by atoms with van der Waals surface area (Å²) < 4.78 is 5.29. The Kier molecular flexibility index (Phi) is 5.62. The average Bonchev–Trinajstić information content (AvgIpc) is 2.74. The highest BCUT2D eigenvalue weighted by Crippen LogP contribution is 2.29. The van der Waals surface area contributed by atoms with Crippen LogP contribution in [0.1, 0.15) is 17.3 Å². The van der Waals surface area contributed by atoms with Crippen molar-refractivity contribution in [1.82, 2.24) is 9.88 Å². The molecule has 1 aromatic heterocycles. The van der Waals surface area contributed by atoms with Crippen LogP contribution in [-0.4, -0.2) is 48.6 Å². The van der Waals surface area contributed by atoms with Crippen LogP contribution in [0.2, 0.25) is 10.0 Å². The minimum Gasteiger partial charge on any atom is -0.497 e. The van der Waals surface area contributed by atoms with E-state index in [2.05, 4.69) is 9.88 Å². The third kappa shape index (κ3) is 3.85. The molecule has 30 heavy (non-hydrogen) atoms. The number of aromatic amines is 1. The molecular formula is C22H21Cl2N3O3. The van der Waals surface area contributed by atoms with E-state index < -0.39 is 0 Å². The molecule has 1 aliphatic heterocycles. The van der Waals surface area contributed by atoms with Crippen LogP contribution in [0.15, 0.2) is 47.3 Å². The average molecular weight is 446 g/mol. The van der Waals surface area contributed by atoms with Crippen molar-refractivity contribution >= 4 is 45.7 Å². The van der Waals surface area contributed by atoms with Gasteiger partial charge in [0.2, 0.25) is 5.56 Å². The van der Waals surface area contributed by atoms with Crippen molar-refractivity contribution in [2.24, 2.45) is 0 Å². The predicted octanol–water partition coefficient (Wildman–Crippen LogP) is 4.19. The smallest absolute Gasteiger partial charge is 0.255 e. The first-order valence-corrected chi connectivity index (χ1v) is 10.3. The van der Waals surface area contributed by atoms with E-state index in [9.17, 15) is 9.59 Å². The molecule has 0 bridgehead atoms. The summed E-state index contributed by atoms with van der Waals surface area (Å²) >= 11 is 12.2. The van der Waals surface area contributed by atoms with Crippen LogP contribution in [0.4, 0.5) is 5.69 Å². The van der Waals surface area contributed by atoms with Gasteiger partial charge in [0.1, 0.15) is 5.75 Å². The van der Waals surface area contributed by atoms with Gasteiger partial charge in [0.15, 0.2) is 0 Å². The van der Waals surface area contributed by atoms with E-state index in [1.807, 2.05) is 24.0 Å². The second kappa shape index (κ2) is 8.20. The van der Waals surface area contributed by atoms with Crippen LogP contribution in [0.3, 0.4) is 0 Å². The lowest BCUT2D eigenvalue weighted by atomic mass is 10.1. The van der Waals surface area contributed by atoms with E-state index in [1.165, 1.54) is 6.07 Å². The molecule has 4 rings (SSSR count). The fourth-order valence-corrected chi connectivity index (χ4v) is 4.16. The van der Waals surface area contributed by atoms with E-state index in [1.54, 1.807) is 31.4 Å². The van der Waals surface area contributed by atoms with Gasteiger partial charge in [0, 0.05) is 48.3 Å². The summed E-state index contributed by atoms with van der Waals surface area (Å²) in [6.07, 6.45) is 0. The second-order valence-corrected chi connectivity index (χ2v) is 8.17. The van der Waals surface area contributed by atoms with Crippen molar-refractivity contribution in [3.05, 3.63) is 68.4 Å². The zero-order valence-electron chi connectivity index (χ0n) is 16.6. The fraction of sp³-hybridized carbons (Fsp3) is 0.273. The lowest BCUT2D eigenvalue weighted by Gasteiger charge is -2.41. The number of carbonyl (C=O) groups excluding carboxylic acids is 1. The van der Waals surface area contributed by atoms with E-state index in [4.69, 9.17) is 27.9 Å². The number of H-pyrrole nitrogens is 1. The topological polar surface area (TPSA) is 65.6 Å². The lowest BCUT2D eigenvalue weighted by molar-refractivity contribution is 0.0676. The maximum absolute atomic E-state index is 13.4. The van der Waals surface area contributed by atoms with Gasteiger partial charge in [-0.25, -0.2) is 0 Å². The first-order chi connectivity index (χ1) is 14.4. The number of anilines is 1. The predicted molar refractivity (Wildman–Crippen MR) is 120 cm³/mol. The molecule has 1 fully saturated rings. The van der Waals surface area contributed by atoms with Crippen molar-refractivity contribution in [3.63, 3.8) is 0 Å². The van der Waals surface area contributed by atoms with E-state index in [-0.39, 0.29) is 17.5 Å². The quantitative estimate of drug-likeness (QED) is 0.655. The Morgan fingerprint density at radius 3 is 2.60 bits per heavy atom. The number of halogens is 2. The number of aromatic nitrogens is 1. The Labute approximate surface area is 184 Å². The Morgan fingerprint density at radius 1 is 1.10 bits per heavy atom. The molecule has 0 saturated carbocycles. The van der Waals surface area contributed by atoms with Gasteiger partial charge in [-0.2, -0.15) is 0 Å². The Bertz CT molecular complexity index is 1180. The molecular weight excluding hydrogens is 425 g/mol. The van der Waals surface area contributed by atoms with Crippen LogP contribution in [0, 0.1) is 0 Å². The van der Waals surface area contributed by atoms with Crippen LogP contribution >= 0.6 is 23.2 Å². The molecule has 0 aliphatic carbocycles. The number of benzene rings is 2. The first kappa shape index (κ1) is 20.6. The number of hydrogen-bond donors (Lipinski definition) is 1. The van der Waals surface area contributed by atoms with Gasteiger partial charge in [-0.1, -0.05) is 23.2 Å². The van der Waals surface area contributed by atoms with Gasteiger partial charge in [-0.15, -0.1) is 0 Å².